The largest absolute Gasteiger partial charge is 0.384 e. The summed E-state index contributed by atoms with van der Waals surface area (Å²) in [6.07, 6.45) is 3.37. The van der Waals surface area contributed by atoms with Gasteiger partial charge in [-0.05, 0) is 61.6 Å². The van der Waals surface area contributed by atoms with Crippen molar-refractivity contribution in [3.8, 4) is 0 Å². The third-order valence-electron chi connectivity index (χ3n) is 5.01. The first-order valence-electron chi connectivity index (χ1n) is 9.03. The molecule has 0 bridgehead atoms. The van der Waals surface area contributed by atoms with Gasteiger partial charge in [-0.25, -0.2) is 0 Å². The molecule has 0 radical (unpaired) electrons. The second-order valence-electron chi connectivity index (χ2n) is 6.91. The number of amides is 1. The summed E-state index contributed by atoms with van der Waals surface area (Å²) < 4.78 is 5.94. The van der Waals surface area contributed by atoms with Gasteiger partial charge in [0.1, 0.15) is 0 Å². The normalized spacial score (nSPS) is 21.0. The number of rotatable bonds is 6. The van der Waals surface area contributed by atoms with Gasteiger partial charge in [0.2, 0.25) is 0 Å². The van der Waals surface area contributed by atoms with E-state index in [-0.39, 0.29) is 11.3 Å². The fourth-order valence-corrected chi connectivity index (χ4v) is 6.37. The number of benzene rings is 1. The Hall–Kier alpha value is -0.690. The fourth-order valence-electron chi connectivity index (χ4n) is 3.48. The Morgan fingerprint density at radius 2 is 1.92 bits per heavy atom. The van der Waals surface area contributed by atoms with Gasteiger partial charge in [0.05, 0.1) is 11.2 Å². The van der Waals surface area contributed by atoms with Gasteiger partial charge in [0.15, 0.2) is 0 Å². The Labute approximate surface area is 159 Å². The predicted molar refractivity (Wildman–Crippen MR) is 107 cm³/mol. The van der Waals surface area contributed by atoms with E-state index in [2.05, 4.69) is 22.8 Å². The Morgan fingerprint density at radius 3 is 2.56 bits per heavy atom. The lowest BCUT2D eigenvalue weighted by Crippen LogP contribution is -2.47. The van der Waals surface area contributed by atoms with Crippen molar-refractivity contribution in [2.45, 2.75) is 23.8 Å². The Morgan fingerprint density at radius 1 is 1.24 bits per heavy atom. The third-order valence-corrected chi connectivity index (χ3v) is 8.03. The molecule has 1 aromatic carbocycles. The van der Waals surface area contributed by atoms with Crippen molar-refractivity contribution in [2.75, 3.05) is 44.9 Å². The van der Waals surface area contributed by atoms with Gasteiger partial charge < -0.3 is 15.4 Å². The zero-order chi connectivity index (χ0) is 17.5. The minimum atomic E-state index is 0.0181. The fraction of sp³-hybridized carbons (Fsp3) is 0.632. The maximum atomic E-state index is 12.5. The number of carbonyl (C=O) groups excluding carboxylic acids is 1. The van der Waals surface area contributed by atoms with Crippen LogP contribution in [-0.4, -0.2) is 50.8 Å². The molecule has 2 aliphatic heterocycles. The monoisotopic (exact) mass is 380 g/mol. The standard InChI is InChI=1S/C19H28N2O2S2/c1-23-14-19(7-9-20-10-8-19)13-21-17(22)15-3-5-16(6-4-15)18-24-11-2-12-25-18/h3-6,18,20H,2,7-14H2,1H3,(H,21,22). The molecule has 1 aromatic rings. The summed E-state index contributed by atoms with van der Waals surface area (Å²) in [7, 11) is 1.74. The second kappa shape index (κ2) is 9.31. The van der Waals surface area contributed by atoms with E-state index in [1.807, 2.05) is 35.7 Å². The van der Waals surface area contributed by atoms with E-state index in [4.69, 9.17) is 4.74 Å². The van der Waals surface area contributed by atoms with Crippen molar-refractivity contribution in [2.24, 2.45) is 5.41 Å². The molecule has 6 heteroatoms. The minimum absolute atomic E-state index is 0.0181. The lowest BCUT2D eigenvalue weighted by molar-refractivity contribution is 0.0512. The van der Waals surface area contributed by atoms with Crippen LogP contribution in [0.1, 0.15) is 39.8 Å². The molecule has 2 aliphatic rings. The first kappa shape index (κ1) is 19.1. The first-order valence-corrected chi connectivity index (χ1v) is 11.1. The quantitative estimate of drug-likeness (QED) is 0.793. The molecule has 3 rings (SSSR count). The molecule has 0 saturated carbocycles. The maximum absolute atomic E-state index is 12.5. The molecule has 138 valence electrons. The van der Waals surface area contributed by atoms with Crippen LogP contribution >= 0.6 is 23.5 Å². The molecular weight excluding hydrogens is 352 g/mol. The predicted octanol–water partition coefficient (Wildman–Crippen LogP) is 3.30. The molecule has 2 N–H and O–H groups in total. The molecule has 4 nitrogen and oxygen atoms in total. The maximum Gasteiger partial charge on any atom is 0.251 e. The number of carbonyl (C=O) groups is 1. The third kappa shape index (κ3) is 5.16. The van der Waals surface area contributed by atoms with E-state index >= 15 is 0 Å². The van der Waals surface area contributed by atoms with Crippen molar-refractivity contribution in [3.63, 3.8) is 0 Å². The van der Waals surface area contributed by atoms with Crippen LogP contribution in [-0.2, 0) is 4.74 Å². The Balaban J connectivity index is 1.57. The van der Waals surface area contributed by atoms with Gasteiger partial charge in [0, 0.05) is 24.6 Å². The number of hydrogen-bond donors (Lipinski definition) is 2. The molecule has 2 heterocycles. The van der Waals surface area contributed by atoms with Crippen molar-refractivity contribution in [3.05, 3.63) is 35.4 Å². The summed E-state index contributed by atoms with van der Waals surface area (Å²) >= 11 is 4.01. The van der Waals surface area contributed by atoms with Crippen LogP contribution in [0.3, 0.4) is 0 Å². The zero-order valence-electron chi connectivity index (χ0n) is 14.9. The summed E-state index contributed by atoms with van der Waals surface area (Å²) in [5, 5.41) is 6.52. The highest BCUT2D eigenvalue weighted by Gasteiger charge is 2.32. The average Bonchev–Trinajstić information content (AvgIpc) is 2.68. The van der Waals surface area contributed by atoms with E-state index < -0.39 is 0 Å². The van der Waals surface area contributed by atoms with E-state index in [0.29, 0.717) is 17.7 Å². The minimum Gasteiger partial charge on any atom is -0.384 e. The van der Waals surface area contributed by atoms with Crippen LogP contribution in [0.25, 0.3) is 0 Å². The average molecular weight is 381 g/mol. The molecule has 2 fully saturated rings. The van der Waals surface area contributed by atoms with Crippen LogP contribution in [0.15, 0.2) is 24.3 Å². The van der Waals surface area contributed by atoms with Crippen LogP contribution in [0.2, 0.25) is 0 Å². The van der Waals surface area contributed by atoms with Gasteiger partial charge in [-0.1, -0.05) is 12.1 Å². The summed E-state index contributed by atoms with van der Waals surface area (Å²) in [5.41, 5.74) is 2.13. The highest BCUT2D eigenvalue weighted by molar-refractivity contribution is 8.16. The molecule has 0 aromatic heterocycles. The lowest BCUT2D eigenvalue weighted by Gasteiger charge is -2.37. The van der Waals surface area contributed by atoms with Gasteiger partial charge in [0.25, 0.3) is 5.91 Å². The first-order chi connectivity index (χ1) is 12.2. The number of methoxy groups -OCH3 is 1. The summed E-state index contributed by atoms with van der Waals surface area (Å²) in [4.78, 5) is 12.5. The number of thioether (sulfide) groups is 2. The lowest BCUT2D eigenvalue weighted by atomic mass is 9.79. The van der Waals surface area contributed by atoms with Crippen molar-refractivity contribution in [1.29, 1.82) is 0 Å². The molecule has 0 atom stereocenters. The van der Waals surface area contributed by atoms with Gasteiger partial charge in [-0.3, -0.25) is 4.79 Å². The molecule has 1 amide bonds. The second-order valence-corrected chi connectivity index (χ2v) is 9.64. The summed E-state index contributed by atoms with van der Waals surface area (Å²) in [6.45, 7) is 3.36. The van der Waals surface area contributed by atoms with Crippen molar-refractivity contribution < 1.29 is 9.53 Å². The molecule has 25 heavy (non-hydrogen) atoms. The Bertz CT molecular complexity index is 548. The SMILES string of the molecule is COCC1(CNC(=O)c2ccc(C3SCCCS3)cc2)CCNCC1. The van der Waals surface area contributed by atoms with Gasteiger partial charge in [-0.15, -0.1) is 23.5 Å². The van der Waals surface area contributed by atoms with E-state index in [0.717, 1.165) is 31.5 Å². The highest BCUT2D eigenvalue weighted by atomic mass is 32.2. The van der Waals surface area contributed by atoms with Crippen molar-refractivity contribution in [1.82, 2.24) is 10.6 Å². The molecule has 2 saturated heterocycles. The zero-order valence-corrected chi connectivity index (χ0v) is 16.5. The van der Waals surface area contributed by atoms with Gasteiger partial charge in [-0.2, -0.15) is 0 Å². The van der Waals surface area contributed by atoms with Crippen LogP contribution in [0.5, 0.6) is 0 Å². The van der Waals surface area contributed by atoms with E-state index in [9.17, 15) is 4.79 Å². The van der Waals surface area contributed by atoms with Crippen molar-refractivity contribution >= 4 is 29.4 Å². The summed E-state index contributed by atoms with van der Waals surface area (Å²) in [6, 6.07) is 8.15. The van der Waals surface area contributed by atoms with Crippen LogP contribution in [0.4, 0.5) is 0 Å². The number of ether oxygens (including phenoxy) is 1. The molecule has 0 spiro atoms. The number of hydrogen-bond acceptors (Lipinski definition) is 5. The molecule has 0 unspecified atom stereocenters. The van der Waals surface area contributed by atoms with Crippen LogP contribution < -0.4 is 10.6 Å². The summed E-state index contributed by atoms with van der Waals surface area (Å²) in [5.74, 6) is 2.48. The van der Waals surface area contributed by atoms with E-state index in [1.165, 1.54) is 23.5 Å². The smallest absolute Gasteiger partial charge is 0.251 e. The molecular formula is C19H28N2O2S2. The number of nitrogens with one attached hydrogen (secondary N) is 2. The van der Waals surface area contributed by atoms with E-state index in [1.54, 1.807) is 7.11 Å². The van der Waals surface area contributed by atoms with Crippen LogP contribution in [0, 0.1) is 5.41 Å². The number of piperidine rings is 1. The van der Waals surface area contributed by atoms with Gasteiger partial charge >= 0.3 is 0 Å². The Kier molecular flexibility index (Phi) is 7.10. The highest BCUT2D eigenvalue weighted by Crippen LogP contribution is 2.43. The topological polar surface area (TPSA) is 50.4 Å². The molecule has 0 aliphatic carbocycles.